The summed E-state index contributed by atoms with van der Waals surface area (Å²) in [5.41, 5.74) is 1.42. The van der Waals surface area contributed by atoms with Gasteiger partial charge in [0.1, 0.15) is 10.6 Å². The molecule has 0 aliphatic carbocycles. The van der Waals surface area contributed by atoms with Crippen molar-refractivity contribution >= 4 is 43.8 Å². The van der Waals surface area contributed by atoms with Gasteiger partial charge in [-0.05, 0) is 49.2 Å². The molecule has 7 nitrogen and oxygen atoms in total. The second kappa shape index (κ2) is 7.40. The van der Waals surface area contributed by atoms with Crippen molar-refractivity contribution in [3.05, 3.63) is 47.0 Å². The average molecular weight is 433 g/mol. The lowest BCUT2D eigenvalue weighted by molar-refractivity contribution is 0.402. The van der Waals surface area contributed by atoms with Gasteiger partial charge in [0.15, 0.2) is 0 Å². The van der Waals surface area contributed by atoms with Crippen LogP contribution in [0.4, 0.5) is 11.4 Å². The van der Waals surface area contributed by atoms with E-state index in [0.29, 0.717) is 23.7 Å². The van der Waals surface area contributed by atoms with Gasteiger partial charge in [-0.15, -0.1) is 10.8 Å². The number of rotatable bonds is 5. The molecule has 1 aliphatic rings. The van der Waals surface area contributed by atoms with Crippen molar-refractivity contribution in [3.63, 3.8) is 0 Å². The van der Waals surface area contributed by atoms with E-state index in [4.69, 9.17) is 16.3 Å². The van der Waals surface area contributed by atoms with E-state index in [0.717, 1.165) is 5.56 Å². The van der Waals surface area contributed by atoms with Crippen molar-refractivity contribution in [2.75, 3.05) is 28.4 Å². The topological polar surface area (TPSA) is 99.1 Å². The molecule has 27 heavy (non-hydrogen) atoms. The van der Waals surface area contributed by atoms with E-state index in [1.807, 2.05) is 0 Å². The van der Waals surface area contributed by atoms with Crippen molar-refractivity contribution in [1.29, 1.82) is 0 Å². The van der Waals surface area contributed by atoms with Gasteiger partial charge >= 0.3 is 0 Å². The number of halogens is 1. The number of nitrogens with zero attached hydrogens (tertiary/aromatic N) is 1. The van der Waals surface area contributed by atoms with Crippen LogP contribution in [0.3, 0.4) is 0 Å². The van der Waals surface area contributed by atoms with E-state index in [1.54, 1.807) is 19.1 Å². The zero-order chi connectivity index (χ0) is 19.8. The largest absolute Gasteiger partial charge is 0.495 e. The highest BCUT2D eigenvalue weighted by Crippen LogP contribution is 2.52. The SMILES string of the molecule is COc1ccc(C)cc1S(=O)(=O)Nc1ccc(Cl)c(N2CCCS2(O)O)c1. The fourth-order valence-corrected chi connectivity index (χ4v) is 6.11. The molecule has 3 N–H and O–H groups in total. The van der Waals surface area contributed by atoms with E-state index < -0.39 is 20.8 Å². The number of benzene rings is 2. The van der Waals surface area contributed by atoms with E-state index >= 15 is 0 Å². The molecular weight excluding hydrogens is 412 g/mol. The zero-order valence-corrected chi connectivity index (χ0v) is 17.2. The Kier molecular flexibility index (Phi) is 5.51. The Hall–Kier alpha value is -1.65. The highest BCUT2D eigenvalue weighted by atomic mass is 35.5. The first-order valence-electron chi connectivity index (χ1n) is 8.15. The maximum absolute atomic E-state index is 12.8. The summed E-state index contributed by atoms with van der Waals surface area (Å²) >= 11 is 6.21. The van der Waals surface area contributed by atoms with Gasteiger partial charge in [0.25, 0.3) is 10.0 Å². The monoisotopic (exact) mass is 432 g/mol. The molecule has 0 radical (unpaired) electrons. The molecule has 0 saturated carbocycles. The Bertz CT molecular complexity index is 966. The van der Waals surface area contributed by atoms with Crippen molar-refractivity contribution in [1.82, 2.24) is 0 Å². The van der Waals surface area contributed by atoms with Crippen molar-refractivity contribution in [3.8, 4) is 5.75 Å². The van der Waals surface area contributed by atoms with Gasteiger partial charge in [0.05, 0.1) is 29.3 Å². The molecule has 2 aromatic rings. The van der Waals surface area contributed by atoms with Crippen LogP contribution in [0.25, 0.3) is 0 Å². The second-order valence-electron chi connectivity index (χ2n) is 6.22. The summed E-state index contributed by atoms with van der Waals surface area (Å²) in [6.45, 7) is 2.22. The predicted octanol–water partition coefficient (Wildman–Crippen LogP) is 4.33. The molecule has 0 unspecified atom stereocenters. The van der Waals surface area contributed by atoms with Crippen LogP contribution in [-0.4, -0.2) is 36.9 Å². The lowest BCUT2D eigenvalue weighted by Crippen LogP contribution is -2.22. The summed E-state index contributed by atoms with van der Waals surface area (Å²) in [6.07, 6.45) is 0.620. The number of hydrogen-bond donors (Lipinski definition) is 3. The van der Waals surface area contributed by atoms with Gasteiger partial charge in [-0.25, -0.2) is 8.42 Å². The van der Waals surface area contributed by atoms with Gasteiger partial charge in [0, 0.05) is 6.54 Å². The molecule has 148 valence electrons. The minimum absolute atomic E-state index is 0.0203. The predicted molar refractivity (Wildman–Crippen MR) is 110 cm³/mol. The molecule has 3 rings (SSSR count). The van der Waals surface area contributed by atoms with E-state index in [1.165, 1.54) is 35.7 Å². The Morgan fingerprint density at radius 2 is 1.96 bits per heavy atom. The summed E-state index contributed by atoms with van der Waals surface area (Å²) < 4.78 is 55.2. The Morgan fingerprint density at radius 3 is 2.59 bits per heavy atom. The first kappa shape index (κ1) is 20.1. The van der Waals surface area contributed by atoms with Crippen molar-refractivity contribution < 1.29 is 22.3 Å². The minimum Gasteiger partial charge on any atom is -0.495 e. The highest BCUT2D eigenvalue weighted by molar-refractivity contribution is 8.25. The van der Waals surface area contributed by atoms with Crippen LogP contribution >= 0.6 is 22.4 Å². The van der Waals surface area contributed by atoms with Crippen LogP contribution in [0.5, 0.6) is 5.75 Å². The Labute approximate surface area is 165 Å². The maximum atomic E-state index is 12.8. The molecule has 2 aromatic carbocycles. The van der Waals surface area contributed by atoms with Crippen LogP contribution < -0.4 is 13.8 Å². The molecule has 1 heterocycles. The molecule has 0 aromatic heterocycles. The van der Waals surface area contributed by atoms with Crippen LogP contribution in [0.15, 0.2) is 41.3 Å². The lowest BCUT2D eigenvalue weighted by Gasteiger charge is -2.38. The van der Waals surface area contributed by atoms with Crippen molar-refractivity contribution in [2.45, 2.75) is 18.2 Å². The first-order valence-corrected chi connectivity index (χ1v) is 11.7. The molecule has 0 bridgehead atoms. The van der Waals surface area contributed by atoms with Crippen LogP contribution in [0.2, 0.25) is 5.02 Å². The van der Waals surface area contributed by atoms with Crippen LogP contribution in [0, 0.1) is 6.92 Å². The zero-order valence-electron chi connectivity index (χ0n) is 14.8. The molecule has 0 amide bonds. The summed E-state index contributed by atoms with van der Waals surface area (Å²) in [5, 5.41) is 0.313. The smallest absolute Gasteiger partial charge is 0.265 e. The maximum Gasteiger partial charge on any atom is 0.265 e. The van der Waals surface area contributed by atoms with Gasteiger partial charge in [0.2, 0.25) is 0 Å². The quantitative estimate of drug-likeness (QED) is 0.650. The van der Waals surface area contributed by atoms with Gasteiger partial charge in [-0.1, -0.05) is 17.7 Å². The minimum atomic E-state index is -3.92. The number of hydrogen-bond acceptors (Lipinski definition) is 6. The molecule has 10 heteroatoms. The first-order chi connectivity index (χ1) is 12.6. The number of aryl methyl sites for hydroxylation is 1. The third-order valence-corrected chi connectivity index (χ3v) is 7.85. The standard InChI is InChI=1S/C17H21ClN2O5S2/c1-12-4-7-16(25-2)17(10-12)27(23,24)19-13-5-6-14(18)15(11-13)20-8-3-9-26(20,21)22/h4-7,10-11,19,21-22H,3,8-9H2,1-2H3. The summed E-state index contributed by atoms with van der Waals surface area (Å²) in [6, 6.07) is 9.42. The Balaban J connectivity index is 1.97. The van der Waals surface area contributed by atoms with Crippen LogP contribution in [0.1, 0.15) is 12.0 Å². The molecule has 1 fully saturated rings. The number of sulfonamides is 1. The second-order valence-corrected chi connectivity index (χ2v) is 10.4. The van der Waals surface area contributed by atoms with E-state index in [9.17, 15) is 17.5 Å². The number of ether oxygens (including phenoxy) is 1. The average Bonchev–Trinajstić information content (AvgIpc) is 2.95. The van der Waals surface area contributed by atoms with E-state index in [-0.39, 0.29) is 22.1 Å². The summed E-state index contributed by atoms with van der Waals surface area (Å²) in [5.74, 6) is 0.496. The fourth-order valence-electron chi connectivity index (χ4n) is 2.91. The lowest BCUT2D eigenvalue weighted by atomic mass is 10.2. The third kappa shape index (κ3) is 4.12. The third-order valence-electron chi connectivity index (χ3n) is 4.21. The number of nitrogens with one attached hydrogen (secondary N) is 1. The van der Waals surface area contributed by atoms with Gasteiger partial charge in [-0.3, -0.25) is 18.1 Å². The highest BCUT2D eigenvalue weighted by Gasteiger charge is 2.31. The molecule has 1 aliphatic heterocycles. The molecule has 1 saturated heterocycles. The van der Waals surface area contributed by atoms with Gasteiger partial charge in [-0.2, -0.15) is 0 Å². The van der Waals surface area contributed by atoms with Gasteiger partial charge < -0.3 is 4.74 Å². The fraction of sp³-hybridized carbons (Fsp3) is 0.294. The molecule has 0 spiro atoms. The van der Waals surface area contributed by atoms with E-state index in [2.05, 4.69) is 4.72 Å². The Morgan fingerprint density at radius 1 is 1.22 bits per heavy atom. The summed E-state index contributed by atoms with van der Waals surface area (Å²) in [7, 11) is -5.45. The number of methoxy groups -OCH3 is 1. The normalized spacial score (nSPS) is 17.6. The van der Waals surface area contributed by atoms with Crippen molar-refractivity contribution in [2.24, 2.45) is 0 Å². The number of anilines is 2. The molecule has 0 atom stereocenters. The van der Waals surface area contributed by atoms with Crippen LogP contribution in [-0.2, 0) is 10.0 Å². The summed E-state index contributed by atoms with van der Waals surface area (Å²) in [4.78, 5) is 0.0203. The molecular formula is C17H21ClN2O5S2.